The molecule has 0 aromatic carbocycles. The summed E-state index contributed by atoms with van der Waals surface area (Å²) in [5.41, 5.74) is 0. The quantitative estimate of drug-likeness (QED) is 0.0261. The number of rotatable bonds is 56. The Kier molecular flexibility index (Phi) is 60.9. The van der Waals surface area contributed by atoms with Crippen molar-refractivity contribution >= 4 is 17.9 Å². The maximum Gasteiger partial charge on any atom is 0.306 e. The number of carbonyl (C=O) groups excluding carboxylic acids is 3. The van der Waals surface area contributed by atoms with Gasteiger partial charge in [0.25, 0.3) is 0 Å². The van der Waals surface area contributed by atoms with Crippen molar-refractivity contribution < 1.29 is 28.6 Å². The Morgan fingerprint density at radius 3 is 0.821 bits per heavy atom. The lowest BCUT2D eigenvalue weighted by molar-refractivity contribution is -0.167. The van der Waals surface area contributed by atoms with Gasteiger partial charge in [0.1, 0.15) is 13.2 Å². The van der Waals surface area contributed by atoms with Gasteiger partial charge in [-0.15, -0.1) is 0 Å². The van der Waals surface area contributed by atoms with E-state index < -0.39 is 6.10 Å². The zero-order valence-electron chi connectivity index (χ0n) is 50.4. The van der Waals surface area contributed by atoms with E-state index in [0.29, 0.717) is 19.3 Å². The first-order valence-corrected chi connectivity index (χ1v) is 31.8. The monoisotopic (exact) mass is 1080 g/mol. The molecule has 0 bridgehead atoms. The Bertz CT molecular complexity index is 1710. The van der Waals surface area contributed by atoms with Crippen LogP contribution in [0.25, 0.3) is 0 Å². The Morgan fingerprint density at radius 1 is 0.269 bits per heavy atom. The van der Waals surface area contributed by atoms with Crippen LogP contribution in [0.1, 0.15) is 271 Å². The molecule has 78 heavy (non-hydrogen) atoms. The smallest absolute Gasteiger partial charge is 0.306 e. The zero-order valence-corrected chi connectivity index (χ0v) is 50.4. The van der Waals surface area contributed by atoms with Crippen molar-refractivity contribution in [3.05, 3.63) is 146 Å². The molecule has 0 aromatic heterocycles. The maximum atomic E-state index is 12.9. The van der Waals surface area contributed by atoms with Gasteiger partial charge in [0, 0.05) is 19.3 Å². The summed E-state index contributed by atoms with van der Waals surface area (Å²) < 4.78 is 16.9. The number of unbranched alkanes of at least 4 members (excludes halogenated alkanes) is 21. The highest BCUT2D eigenvalue weighted by atomic mass is 16.6. The molecule has 0 aliphatic heterocycles. The summed E-state index contributed by atoms with van der Waals surface area (Å²) in [6.07, 6.45) is 92.7. The van der Waals surface area contributed by atoms with E-state index in [0.717, 1.165) is 141 Å². The van der Waals surface area contributed by atoms with Crippen molar-refractivity contribution in [3.8, 4) is 0 Å². The molecular formula is C72H116O6. The largest absolute Gasteiger partial charge is 0.462 e. The Labute approximate surface area is 480 Å². The highest BCUT2D eigenvalue weighted by molar-refractivity contribution is 5.71. The van der Waals surface area contributed by atoms with Crippen molar-refractivity contribution in [2.75, 3.05) is 13.2 Å². The fourth-order valence-corrected chi connectivity index (χ4v) is 8.35. The molecule has 6 nitrogen and oxygen atoms in total. The SMILES string of the molecule is CC/C=C\C/C=C\C/C=C\C/C=C\C/C=C\C/C=C\CCCCC(=O)OC(COC(=O)CCCCCCC/C=C\CCCCCCC)COC(=O)CCCCCCCCCCC/C=C\C/C=C\C/C=C\C/C=C\C/C=C\CC. The fraction of sp³-hybridized carbons (Fsp3) is 0.625. The summed E-state index contributed by atoms with van der Waals surface area (Å²) in [7, 11) is 0. The summed E-state index contributed by atoms with van der Waals surface area (Å²) >= 11 is 0. The maximum absolute atomic E-state index is 12.9. The van der Waals surface area contributed by atoms with E-state index in [2.05, 4.69) is 167 Å². The molecule has 0 saturated carbocycles. The van der Waals surface area contributed by atoms with Crippen molar-refractivity contribution in [1.29, 1.82) is 0 Å². The first kappa shape index (κ1) is 73.3. The summed E-state index contributed by atoms with van der Waals surface area (Å²) in [5.74, 6) is -0.965. The van der Waals surface area contributed by atoms with Gasteiger partial charge in [-0.25, -0.2) is 0 Å². The molecular weight excluding hydrogens is 961 g/mol. The Hall–Kier alpha value is -4.71. The number of hydrogen-bond acceptors (Lipinski definition) is 6. The van der Waals surface area contributed by atoms with Crippen LogP contribution < -0.4 is 0 Å². The first-order chi connectivity index (χ1) is 38.5. The lowest BCUT2D eigenvalue weighted by Gasteiger charge is -2.18. The molecule has 0 heterocycles. The zero-order chi connectivity index (χ0) is 56.4. The number of ether oxygens (including phenoxy) is 3. The summed E-state index contributed by atoms with van der Waals surface area (Å²) in [4.78, 5) is 38.3. The van der Waals surface area contributed by atoms with Gasteiger partial charge < -0.3 is 14.2 Å². The summed E-state index contributed by atoms with van der Waals surface area (Å²) in [5, 5.41) is 0. The predicted octanol–water partition coefficient (Wildman–Crippen LogP) is 21.9. The van der Waals surface area contributed by atoms with Crippen LogP contribution in [0.15, 0.2) is 146 Å². The van der Waals surface area contributed by atoms with Gasteiger partial charge in [-0.05, 0) is 141 Å². The molecule has 440 valence electrons. The van der Waals surface area contributed by atoms with Crippen LogP contribution in [0, 0.1) is 0 Å². The normalized spacial score (nSPS) is 13.1. The summed E-state index contributed by atoms with van der Waals surface area (Å²) in [6.45, 7) is 6.36. The average Bonchev–Trinajstić information content (AvgIpc) is 3.44. The van der Waals surface area contributed by atoms with E-state index in [1.807, 2.05) is 0 Å². The van der Waals surface area contributed by atoms with Crippen LogP contribution in [-0.2, 0) is 28.6 Å². The molecule has 0 fully saturated rings. The third-order valence-electron chi connectivity index (χ3n) is 13.1. The minimum Gasteiger partial charge on any atom is -0.462 e. The van der Waals surface area contributed by atoms with Gasteiger partial charge in [-0.1, -0.05) is 256 Å². The minimum atomic E-state index is -0.815. The molecule has 0 N–H and O–H groups in total. The lowest BCUT2D eigenvalue weighted by atomic mass is 10.1. The molecule has 0 aromatic rings. The lowest BCUT2D eigenvalue weighted by Crippen LogP contribution is -2.30. The van der Waals surface area contributed by atoms with Crippen LogP contribution in [0.2, 0.25) is 0 Å². The van der Waals surface area contributed by atoms with Crippen molar-refractivity contribution in [2.24, 2.45) is 0 Å². The standard InChI is InChI=1S/C72H116O6/c1-4-7-10-13-16-19-22-25-28-30-32-34-35-36-37-39-40-42-44-47-50-53-56-59-62-65-71(74)77-68-69(67-76-70(73)64-61-58-55-52-49-46-27-24-21-18-15-12-9-6-3)78-72(75)66-63-60-57-54-51-48-45-43-41-38-33-31-29-26-23-20-17-14-11-8-5-2/h7-8,10-11,16-17,19-20,24-29,32-34,36-38,43,45,51,54,69H,4-6,9,12-15,18,21-23,30-31,35,39-42,44,46-50,52-53,55-68H2,1-3H3/b10-7-,11-8-,19-16-,20-17-,27-24-,28-25-,29-26-,34-32-,37-36-,38-33-,45-43-,54-51-. The van der Waals surface area contributed by atoms with Gasteiger partial charge in [-0.3, -0.25) is 14.4 Å². The van der Waals surface area contributed by atoms with Crippen molar-refractivity contribution in [3.63, 3.8) is 0 Å². The topological polar surface area (TPSA) is 78.9 Å². The fourth-order valence-electron chi connectivity index (χ4n) is 8.35. The second kappa shape index (κ2) is 64.8. The van der Waals surface area contributed by atoms with Gasteiger partial charge >= 0.3 is 17.9 Å². The average molecular weight is 1080 g/mol. The Balaban J connectivity index is 4.46. The van der Waals surface area contributed by atoms with Gasteiger partial charge in [0.15, 0.2) is 6.10 Å². The van der Waals surface area contributed by atoms with E-state index in [1.54, 1.807) is 0 Å². The molecule has 0 rings (SSSR count). The predicted molar refractivity (Wildman–Crippen MR) is 339 cm³/mol. The Morgan fingerprint density at radius 2 is 0.500 bits per heavy atom. The van der Waals surface area contributed by atoms with Crippen LogP contribution in [0.4, 0.5) is 0 Å². The van der Waals surface area contributed by atoms with Crippen molar-refractivity contribution in [1.82, 2.24) is 0 Å². The minimum absolute atomic E-state index is 0.106. The van der Waals surface area contributed by atoms with E-state index in [4.69, 9.17) is 14.2 Å². The van der Waals surface area contributed by atoms with E-state index in [1.165, 1.54) is 83.5 Å². The van der Waals surface area contributed by atoms with E-state index in [-0.39, 0.29) is 37.5 Å². The molecule has 0 saturated heterocycles. The molecule has 1 unspecified atom stereocenters. The second-order valence-electron chi connectivity index (χ2n) is 20.5. The molecule has 6 heteroatoms. The summed E-state index contributed by atoms with van der Waals surface area (Å²) in [6, 6.07) is 0. The molecule has 0 radical (unpaired) electrons. The number of carbonyl (C=O) groups is 3. The number of esters is 3. The number of allylic oxidation sites excluding steroid dienone is 24. The first-order valence-electron chi connectivity index (χ1n) is 31.8. The van der Waals surface area contributed by atoms with Gasteiger partial charge in [-0.2, -0.15) is 0 Å². The molecule has 0 amide bonds. The number of hydrogen-bond donors (Lipinski definition) is 0. The van der Waals surface area contributed by atoms with Crippen molar-refractivity contribution in [2.45, 2.75) is 277 Å². The highest BCUT2D eigenvalue weighted by Crippen LogP contribution is 2.14. The molecule has 1 atom stereocenters. The van der Waals surface area contributed by atoms with Crippen LogP contribution in [0.3, 0.4) is 0 Å². The van der Waals surface area contributed by atoms with Crippen LogP contribution >= 0.6 is 0 Å². The second-order valence-corrected chi connectivity index (χ2v) is 20.5. The third-order valence-corrected chi connectivity index (χ3v) is 13.1. The molecule has 0 aliphatic rings. The van der Waals surface area contributed by atoms with Gasteiger partial charge in [0.2, 0.25) is 0 Å². The van der Waals surface area contributed by atoms with E-state index in [9.17, 15) is 14.4 Å². The van der Waals surface area contributed by atoms with Gasteiger partial charge in [0.05, 0.1) is 0 Å². The highest BCUT2D eigenvalue weighted by Gasteiger charge is 2.19. The molecule has 0 aliphatic carbocycles. The van der Waals surface area contributed by atoms with Crippen LogP contribution in [-0.4, -0.2) is 37.2 Å². The molecule has 0 spiro atoms. The van der Waals surface area contributed by atoms with E-state index >= 15 is 0 Å². The third kappa shape index (κ3) is 62.1. The van der Waals surface area contributed by atoms with Crippen LogP contribution in [0.5, 0.6) is 0 Å².